The van der Waals surface area contributed by atoms with Crippen LogP contribution in [0.1, 0.15) is 30.7 Å². The van der Waals surface area contributed by atoms with Crippen molar-refractivity contribution in [1.82, 2.24) is 15.0 Å². The van der Waals surface area contributed by atoms with Crippen molar-refractivity contribution in [2.45, 2.75) is 39.2 Å². The van der Waals surface area contributed by atoms with Gasteiger partial charge in [0.2, 0.25) is 5.78 Å². The molecule has 2 N–H and O–H groups in total. The number of nitrogens with one attached hydrogen (secondary N) is 2. The normalized spacial score (nSPS) is 17.6. The summed E-state index contributed by atoms with van der Waals surface area (Å²) in [6.07, 6.45) is 1.64. The molecule has 0 aromatic carbocycles. The summed E-state index contributed by atoms with van der Waals surface area (Å²) in [5.74, 6) is -2.69. The first kappa shape index (κ1) is 25.9. The van der Waals surface area contributed by atoms with Crippen molar-refractivity contribution < 1.29 is 33.4 Å². The number of hydrogen-bond donors (Lipinski definition) is 2. The lowest BCUT2D eigenvalue weighted by atomic mass is 9.86. The number of methoxy groups -OCH3 is 1. The molecule has 1 aromatic heterocycles. The summed E-state index contributed by atoms with van der Waals surface area (Å²) in [7, 11) is 1.56. The third-order valence-corrected chi connectivity index (χ3v) is 5.95. The van der Waals surface area contributed by atoms with Gasteiger partial charge in [0.15, 0.2) is 5.78 Å². The highest BCUT2D eigenvalue weighted by Gasteiger charge is 2.33. The fourth-order valence-electron chi connectivity index (χ4n) is 3.34. The van der Waals surface area contributed by atoms with Crippen LogP contribution in [0.2, 0.25) is 0 Å². The minimum atomic E-state index is -0.847. The molecule has 0 bridgehead atoms. The van der Waals surface area contributed by atoms with E-state index in [4.69, 9.17) is 14.2 Å². The Morgan fingerprint density at radius 1 is 1.25 bits per heavy atom. The van der Waals surface area contributed by atoms with E-state index in [9.17, 15) is 19.2 Å². The second kappa shape index (κ2) is 13.2. The van der Waals surface area contributed by atoms with E-state index in [0.29, 0.717) is 26.2 Å². The van der Waals surface area contributed by atoms with Crippen LogP contribution in [0.3, 0.4) is 0 Å². The highest BCUT2D eigenvalue weighted by Crippen LogP contribution is 2.23. The number of ketones is 2. The van der Waals surface area contributed by atoms with Gasteiger partial charge in [0.25, 0.3) is 5.91 Å². The van der Waals surface area contributed by atoms with E-state index in [1.807, 2.05) is 0 Å². The summed E-state index contributed by atoms with van der Waals surface area (Å²) in [5.41, 5.74) is 0.875. The zero-order valence-corrected chi connectivity index (χ0v) is 19.5. The molecule has 2 heterocycles. The molecule has 1 aromatic rings. The maximum absolute atomic E-state index is 13.0. The van der Waals surface area contributed by atoms with Gasteiger partial charge in [-0.2, -0.15) is 0 Å². The smallest absolute Gasteiger partial charge is 0.407 e. The predicted molar refractivity (Wildman–Crippen MR) is 116 cm³/mol. The van der Waals surface area contributed by atoms with Crippen molar-refractivity contribution in [3.8, 4) is 0 Å². The Balaban J connectivity index is 1.97. The third-order valence-electron chi connectivity index (χ3n) is 5.06. The number of fused-ring (bicyclic) bond motifs is 1. The van der Waals surface area contributed by atoms with Crippen molar-refractivity contribution in [3.63, 3.8) is 0 Å². The summed E-state index contributed by atoms with van der Waals surface area (Å²) >= 11 is 1.33. The molecule has 32 heavy (non-hydrogen) atoms. The van der Waals surface area contributed by atoms with Gasteiger partial charge in [-0.15, -0.1) is 0 Å². The lowest BCUT2D eigenvalue weighted by Crippen LogP contribution is -2.46. The predicted octanol–water partition coefficient (Wildman–Crippen LogP) is 0.916. The van der Waals surface area contributed by atoms with Crippen LogP contribution in [0.5, 0.6) is 0 Å². The zero-order chi connectivity index (χ0) is 23.5. The van der Waals surface area contributed by atoms with Crippen LogP contribution in [0, 0.1) is 11.8 Å². The van der Waals surface area contributed by atoms with Crippen LogP contribution < -0.4 is 10.6 Å². The van der Waals surface area contributed by atoms with Crippen LogP contribution in [0.4, 0.5) is 4.79 Å². The molecule has 0 spiro atoms. The highest BCUT2D eigenvalue weighted by atomic mass is 32.1. The van der Waals surface area contributed by atoms with E-state index in [1.165, 1.54) is 11.5 Å². The fraction of sp³-hybridized carbons (Fsp3) is 0.667. The molecular formula is C21H31N3O7S. The summed E-state index contributed by atoms with van der Waals surface area (Å²) in [4.78, 5) is 51.0. The maximum atomic E-state index is 13.0. The van der Waals surface area contributed by atoms with Crippen LogP contribution in [-0.4, -0.2) is 74.1 Å². The number of Topliss-reactive ketones (excluding diaryl/α,β-unsaturated/α-hetero) is 2. The van der Waals surface area contributed by atoms with Gasteiger partial charge in [-0.05, 0) is 29.4 Å². The molecule has 178 valence electrons. The molecule has 1 aliphatic heterocycles. The summed E-state index contributed by atoms with van der Waals surface area (Å²) in [5, 5.41) is 5.18. The van der Waals surface area contributed by atoms with E-state index in [0.717, 1.165) is 10.4 Å². The van der Waals surface area contributed by atoms with Gasteiger partial charge >= 0.3 is 6.09 Å². The Bertz CT molecular complexity index is 796. The van der Waals surface area contributed by atoms with E-state index in [-0.39, 0.29) is 37.8 Å². The first-order valence-corrected chi connectivity index (χ1v) is 11.4. The molecule has 0 fully saturated rings. The van der Waals surface area contributed by atoms with E-state index in [2.05, 4.69) is 15.0 Å². The molecule has 0 radical (unpaired) electrons. The minimum absolute atomic E-state index is 0.0315. The average molecular weight is 470 g/mol. The molecule has 11 heteroatoms. The first-order chi connectivity index (χ1) is 15.3. The number of amides is 2. The number of aromatic nitrogens is 1. The van der Waals surface area contributed by atoms with E-state index < -0.39 is 29.7 Å². The van der Waals surface area contributed by atoms with Crippen molar-refractivity contribution in [3.05, 3.63) is 16.6 Å². The number of carbonyl (C=O) groups is 4. The standard InChI is InChI=1S/C21H31N3O7S/c1-13(2)18(24-21(28)31-9-8-30-7-6-29-3)16(25)11-14-10-15-12-23-32-17(15)4-5-22-20(27)19(14)26/h12-14,18H,4-11H2,1-3H3,(H,22,27)(H,24,28). The van der Waals surface area contributed by atoms with Gasteiger partial charge in [-0.25, -0.2) is 9.17 Å². The second-order valence-corrected chi connectivity index (χ2v) is 8.71. The number of ether oxygens (including phenoxy) is 3. The molecule has 2 atom stereocenters. The van der Waals surface area contributed by atoms with Gasteiger partial charge in [-0.1, -0.05) is 13.8 Å². The molecule has 10 nitrogen and oxygen atoms in total. The Hall–Kier alpha value is -2.37. The molecular weight excluding hydrogens is 438 g/mol. The topological polar surface area (TPSA) is 133 Å². The average Bonchev–Trinajstić information content (AvgIpc) is 3.20. The van der Waals surface area contributed by atoms with Crippen molar-refractivity contribution >= 4 is 35.1 Å². The van der Waals surface area contributed by atoms with Gasteiger partial charge in [0, 0.05) is 43.5 Å². The number of rotatable bonds is 11. The summed E-state index contributed by atoms with van der Waals surface area (Å²) < 4.78 is 19.3. The molecule has 0 saturated carbocycles. The number of carbonyl (C=O) groups excluding carboxylic acids is 4. The molecule has 0 aliphatic carbocycles. The van der Waals surface area contributed by atoms with Gasteiger partial charge in [-0.3, -0.25) is 14.4 Å². The van der Waals surface area contributed by atoms with Gasteiger partial charge < -0.3 is 24.8 Å². The molecule has 1 aliphatic rings. The van der Waals surface area contributed by atoms with Crippen molar-refractivity contribution in [2.24, 2.45) is 11.8 Å². The fourth-order valence-corrected chi connectivity index (χ4v) is 4.09. The zero-order valence-electron chi connectivity index (χ0n) is 18.7. The lowest BCUT2D eigenvalue weighted by molar-refractivity contribution is -0.141. The van der Waals surface area contributed by atoms with Gasteiger partial charge in [0.05, 0.1) is 25.9 Å². The largest absolute Gasteiger partial charge is 0.447 e. The number of nitrogens with zero attached hydrogens (tertiary/aromatic N) is 1. The maximum Gasteiger partial charge on any atom is 0.407 e. The first-order valence-electron chi connectivity index (χ1n) is 10.6. The lowest BCUT2D eigenvalue weighted by Gasteiger charge is -2.23. The van der Waals surface area contributed by atoms with E-state index in [1.54, 1.807) is 27.2 Å². The Morgan fingerprint density at radius 3 is 2.72 bits per heavy atom. The highest BCUT2D eigenvalue weighted by molar-refractivity contribution is 7.05. The molecule has 2 amide bonds. The second-order valence-electron chi connectivity index (χ2n) is 7.82. The summed E-state index contributed by atoms with van der Waals surface area (Å²) in [6.45, 7) is 4.99. The SMILES string of the molecule is COCCOCCOC(=O)NC(C(=O)CC1Cc2cnsc2CCNC(=O)C1=O)C(C)C. The minimum Gasteiger partial charge on any atom is -0.447 e. The summed E-state index contributed by atoms with van der Waals surface area (Å²) in [6, 6.07) is -0.847. The van der Waals surface area contributed by atoms with Crippen molar-refractivity contribution in [2.75, 3.05) is 40.1 Å². The van der Waals surface area contributed by atoms with Crippen molar-refractivity contribution in [1.29, 1.82) is 0 Å². The molecule has 0 saturated heterocycles. The van der Waals surface area contributed by atoms with E-state index >= 15 is 0 Å². The number of alkyl carbamates (subject to hydrolysis) is 1. The van der Waals surface area contributed by atoms with Crippen LogP contribution in [0.15, 0.2) is 6.20 Å². The quantitative estimate of drug-likeness (QED) is 0.361. The number of hydrogen-bond acceptors (Lipinski definition) is 9. The van der Waals surface area contributed by atoms with Gasteiger partial charge in [0.1, 0.15) is 6.61 Å². The monoisotopic (exact) mass is 469 g/mol. The third kappa shape index (κ3) is 7.95. The Kier molecular flexibility index (Phi) is 10.7. The van der Waals surface area contributed by atoms with Crippen LogP contribution >= 0.6 is 11.5 Å². The molecule has 2 rings (SSSR count). The van der Waals surface area contributed by atoms with Crippen LogP contribution in [-0.2, 0) is 41.4 Å². The Morgan fingerprint density at radius 2 is 2.00 bits per heavy atom. The Labute approximate surface area is 191 Å². The molecule has 2 unspecified atom stereocenters. The van der Waals surface area contributed by atoms with Crippen LogP contribution in [0.25, 0.3) is 0 Å².